The van der Waals surface area contributed by atoms with E-state index in [1.807, 2.05) is 32.0 Å². The summed E-state index contributed by atoms with van der Waals surface area (Å²) in [5.41, 5.74) is 2.30. The highest BCUT2D eigenvalue weighted by Crippen LogP contribution is 2.31. The summed E-state index contributed by atoms with van der Waals surface area (Å²) in [6, 6.07) is 10.2. The van der Waals surface area contributed by atoms with Crippen LogP contribution in [0.2, 0.25) is 0 Å². The Labute approximate surface area is 130 Å². The van der Waals surface area contributed by atoms with E-state index in [1.54, 1.807) is 12.1 Å². The van der Waals surface area contributed by atoms with Crippen molar-refractivity contribution in [2.75, 3.05) is 18.9 Å². The Kier molecular flexibility index (Phi) is 4.61. The number of aryl methyl sites for hydroxylation is 2. The highest BCUT2D eigenvalue weighted by Gasteiger charge is 2.21. The summed E-state index contributed by atoms with van der Waals surface area (Å²) >= 11 is 0. The molecule has 0 spiro atoms. The molecule has 0 amide bonds. The van der Waals surface area contributed by atoms with Crippen molar-refractivity contribution in [2.24, 2.45) is 0 Å². The van der Waals surface area contributed by atoms with Gasteiger partial charge in [-0.15, -0.1) is 0 Å². The van der Waals surface area contributed by atoms with E-state index in [4.69, 9.17) is 9.47 Å². The molecule has 2 aromatic carbocycles. The van der Waals surface area contributed by atoms with E-state index in [0.29, 0.717) is 11.4 Å². The van der Waals surface area contributed by atoms with Crippen LogP contribution >= 0.6 is 0 Å². The number of rotatable bonds is 5. The quantitative estimate of drug-likeness (QED) is 0.919. The normalized spacial score (nSPS) is 11.1. The van der Waals surface area contributed by atoms with Crippen LogP contribution in [0.4, 0.5) is 5.69 Å². The first-order valence-corrected chi connectivity index (χ1v) is 8.18. The monoisotopic (exact) mass is 321 g/mol. The van der Waals surface area contributed by atoms with Crippen molar-refractivity contribution >= 4 is 15.7 Å². The van der Waals surface area contributed by atoms with Crippen molar-refractivity contribution < 1.29 is 17.9 Å². The van der Waals surface area contributed by atoms with Gasteiger partial charge in [0.25, 0.3) is 10.0 Å². The summed E-state index contributed by atoms with van der Waals surface area (Å²) < 4.78 is 38.2. The van der Waals surface area contributed by atoms with Gasteiger partial charge in [0.1, 0.15) is 16.4 Å². The summed E-state index contributed by atoms with van der Waals surface area (Å²) in [6.45, 7) is 3.71. The van der Waals surface area contributed by atoms with Gasteiger partial charge in [-0.05, 0) is 37.1 Å². The van der Waals surface area contributed by atoms with Crippen molar-refractivity contribution in [3.63, 3.8) is 0 Å². The Balaban J connectivity index is 2.47. The van der Waals surface area contributed by atoms with Crippen molar-refractivity contribution in [1.29, 1.82) is 0 Å². The molecule has 0 atom stereocenters. The lowest BCUT2D eigenvalue weighted by molar-refractivity contribution is 0.386. The Morgan fingerprint density at radius 3 is 2.14 bits per heavy atom. The van der Waals surface area contributed by atoms with Crippen molar-refractivity contribution in [3.05, 3.63) is 47.5 Å². The Bertz CT molecular complexity index is 764. The maximum Gasteiger partial charge on any atom is 0.265 e. The molecule has 0 fully saturated rings. The predicted octanol–water partition coefficient (Wildman–Crippen LogP) is 3.12. The number of hydrogen-bond donors (Lipinski definition) is 1. The lowest BCUT2D eigenvalue weighted by atomic mass is 10.1. The van der Waals surface area contributed by atoms with Gasteiger partial charge in [-0.1, -0.05) is 18.2 Å². The third-order valence-corrected chi connectivity index (χ3v) is 4.77. The maximum absolute atomic E-state index is 12.7. The van der Waals surface area contributed by atoms with Gasteiger partial charge in [0, 0.05) is 6.07 Å². The minimum atomic E-state index is -3.76. The maximum atomic E-state index is 12.7. The van der Waals surface area contributed by atoms with Gasteiger partial charge in [0.05, 0.1) is 19.9 Å². The molecule has 0 saturated carbocycles. The third kappa shape index (κ3) is 3.17. The Morgan fingerprint density at radius 1 is 0.955 bits per heavy atom. The summed E-state index contributed by atoms with van der Waals surface area (Å²) in [7, 11) is -0.821. The molecule has 0 saturated heterocycles. The molecule has 0 aromatic heterocycles. The molecule has 2 rings (SSSR count). The van der Waals surface area contributed by atoms with Gasteiger partial charge in [-0.3, -0.25) is 4.72 Å². The first-order valence-electron chi connectivity index (χ1n) is 6.70. The van der Waals surface area contributed by atoms with E-state index in [0.717, 1.165) is 11.1 Å². The second-order valence-corrected chi connectivity index (χ2v) is 6.54. The number of nitrogens with one attached hydrogen (secondary N) is 1. The van der Waals surface area contributed by atoms with E-state index in [-0.39, 0.29) is 10.6 Å². The number of sulfonamides is 1. The third-order valence-electron chi connectivity index (χ3n) is 3.38. The highest BCUT2D eigenvalue weighted by molar-refractivity contribution is 7.92. The SMILES string of the molecule is COc1ccc(S(=O)(=O)Nc2c(C)cccc2C)c(OC)c1. The van der Waals surface area contributed by atoms with Crippen molar-refractivity contribution in [1.82, 2.24) is 0 Å². The first kappa shape index (κ1) is 16.2. The Morgan fingerprint density at radius 2 is 1.59 bits per heavy atom. The summed E-state index contributed by atoms with van der Waals surface area (Å²) in [5, 5.41) is 0. The second-order valence-electron chi connectivity index (χ2n) is 4.89. The zero-order valence-corrected chi connectivity index (χ0v) is 13.8. The van der Waals surface area contributed by atoms with Gasteiger partial charge in [0.15, 0.2) is 0 Å². The van der Waals surface area contributed by atoms with E-state index in [1.165, 1.54) is 20.3 Å². The van der Waals surface area contributed by atoms with Crippen LogP contribution in [-0.2, 0) is 10.0 Å². The van der Waals surface area contributed by atoms with Crippen LogP contribution in [0.3, 0.4) is 0 Å². The molecule has 0 aliphatic heterocycles. The van der Waals surface area contributed by atoms with Crippen molar-refractivity contribution in [2.45, 2.75) is 18.7 Å². The zero-order chi connectivity index (χ0) is 16.3. The van der Waals surface area contributed by atoms with Crippen LogP contribution in [0, 0.1) is 13.8 Å². The van der Waals surface area contributed by atoms with E-state index in [2.05, 4.69) is 4.72 Å². The van der Waals surface area contributed by atoms with Gasteiger partial charge < -0.3 is 9.47 Å². The lowest BCUT2D eigenvalue weighted by Crippen LogP contribution is -2.15. The molecule has 5 nitrogen and oxygen atoms in total. The molecule has 1 N–H and O–H groups in total. The average Bonchev–Trinajstić information content (AvgIpc) is 2.50. The van der Waals surface area contributed by atoms with Crippen LogP contribution in [0.5, 0.6) is 11.5 Å². The van der Waals surface area contributed by atoms with Crippen LogP contribution in [0.15, 0.2) is 41.3 Å². The minimum Gasteiger partial charge on any atom is -0.497 e. The molecule has 0 heterocycles. The largest absolute Gasteiger partial charge is 0.497 e. The van der Waals surface area contributed by atoms with Gasteiger partial charge in [-0.25, -0.2) is 8.42 Å². The van der Waals surface area contributed by atoms with E-state index < -0.39 is 10.0 Å². The summed E-state index contributed by atoms with van der Waals surface area (Å²) in [5.74, 6) is 0.765. The standard InChI is InChI=1S/C16H19NO4S/c1-11-6-5-7-12(2)16(11)17-22(18,19)15-9-8-13(20-3)10-14(15)21-4/h5-10,17H,1-4H3. The predicted molar refractivity (Wildman–Crippen MR) is 86.3 cm³/mol. The number of hydrogen-bond acceptors (Lipinski definition) is 4. The molecule has 0 aliphatic rings. The van der Waals surface area contributed by atoms with Crippen LogP contribution in [0.1, 0.15) is 11.1 Å². The summed E-state index contributed by atoms with van der Waals surface area (Å²) in [4.78, 5) is 0.0680. The first-order chi connectivity index (χ1) is 10.4. The molecule has 22 heavy (non-hydrogen) atoms. The topological polar surface area (TPSA) is 64.6 Å². The fourth-order valence-electron chi connectivity index (χ4n) is 2.16. The number of benzene rings is 2. The average molecular weight is 321 g/mol. The molecule has 6 heteroatoms. The van der Waals surface area contributed by atoms with Crippen LogP contribution < -0.4 is 14.2 Å². The fourth-order valence-corrected chi connectivity index (χ4v) is 3.52. The number of methoxy groups -OCH3 is 2. The molecule has 0 unspecified atom stereocenters. The molecule has 2 aromatic rings. The Hall–Kier alpha value is -2.21. The molecule has 0 aliphatic carbocycles. The number of para-hydroxylation sites is 1. The smallest absolute Gasteiger partial charge is 0.265 e. The molecular formula is C16H19NO4S. The van der Waals surface area contributed by atoms with Crippen LogP contribution in [-0.4, -0.2) is 22.6 Å². The molecular weight excluding hydrogens is 302 g/mol. The second kappa shape index (κ2) is 6.27. The van der Waals surface area contributed by atoms with E-state index >= 15 is 0 Å². The number of ether oxygens (including phenoxy) is 2. The zero-order valence-electron chi connectivity index (χ0n) is 13.0. The van der Waals surface area contributed by atoms with E-state index in [9.17, 15) is 8.42 Å². The fraction of sp³-hybridized carbons (Fsp3) is 0.250. The van der Waals surface area contributed by atoms with Crippen LogP contribution in [0.25, 0.3) is 0 Å². The molecule has 118 valence electrons. The summed E-state index contributed by atoms with van der Waals surface area (Å²) in [6.07, 6.45) is 0. The minimum absolute atomic E-state index is 0.0680. The van der Waals surface area contributed by atoms with Gasteiger partial charge in [-0.2, -0.15) is 0 Å². The highest BCUT2D eigenvalue weighted by atomic mass is 32.2. The lowest BCUT2D eigenvalue weighted by Gasteiger charge is -2.15. The molecule has 0 radical (unpaired) electrons. The number of anilines is 1. The van der Waals surface area contributed by atoms with Gasteiger partial charge >= 0.3 is 0 Å². The van der Waals surface area contributed by atoms with Gasteiger partial charge in [0.2, 0.25) is 0 Å². The van der Waals surface area contributed by atoms with Crippen molar-refractivity contribution in [3.8, 4) is 11.5 Å². The molecule has 0 bridgehead atoms.